The summed E-state index contributed by atoms with van der Waals surface area (Å²) in [4.78, 5) is 16.9. The summed E-state index contributed by atoms with van der Waals surface area (Å²) in [5, 5.41) is 7.29. The van der Waals surface area contributed by atoms with Gasteiger partial charge in [-0.1, -0.05) is 12.1 Å². The molecule has 140 valence electrons. The zero-order chi connectivity index (χ0) is 18.4. The van der Waals surface area contributed by atoms with E-state index in [0.29, 0.717) is 6.54 Å². The monoisotopic (exact) mass is 355 g/mol. The molecule has 1 atom stereocenters. The van der Waals surface area contributed by atoms with Crippen molar-refractivity contribution in [2.24, 2.45) is 0 Å². The van der Waals surface area contributed by atoms with Gasteiger partial charge in [0, 0.05) is 56.8 Å². The first-order chi connectivity index (χ1) is 12.6. The first-order valence-electron chi connectivity index (χ1n) is 9.41. The summed E-state index contributed by atoms with van der Waals surface area (Å²) in [5.74, 6) is 0.113. The van der Waals surface area contributed by atoms with E-state index in [9.17, 15) is 4.79 Å². The van der Waals surface area contributed by atoms with Gasteiger partial charge in [-0.3, -0.25) is 14.4 Å². The van der Waals surface area contributed by atoms with Crippen molar-refractivity contribution in [3.05, 3.63) is 48.3 Å². The molecule has 1 aliphatic heterocycles. The Labute approximate surface area is 155 Å². The standard InChI is InChI=1S/C20H29N5O/c1-17-5-3-6-19(15-17)24-13-11-23(12-14-24)16-20(26)22-18(2)7-10-25-9-4-8-21-25/h3-6,8-9,15,18H,7,10-14,16H2,1-2H3,(H,22,26). The maximum atomic E-state index is 12.3. The predicted octanol–water partition coefficient (Wildman–Crippen LogP) is 1.91. The molecule has 1 aromatic carbocycles. The van der Waals surface area contributed by atoms with Crippen molar-refractivity contribution >= 4 is 11.6 Å². The molecule has 1 aromatic heterocycles. The Bertz CT molecular complexity index is 692. The van der Waals surface area contributed by atoms with Crippen molar-refractivity contribution in [2.45, 2.75) is 32.9 Å². The number of rotatable bonds is 7. The summed E-state index contributed by atoms with van der Waals surface area (Å²) in [5.41, 5.74) is 2.56. The Kier molecular flexibility index (Phi) is 6.28. The van der Waals surface area contributed by atoms with E-state index in [4.69, 9.17) is 0 Å². The molecule has 6 nitrogen and oxygen atoms in total. The third-order valence-corrected chi connectivity index (χ3v) is 4.86. The molecular formula is C20H29N5O. The van der Waals surface area contributed by atoms with Crippen LogP contribution >= 0.6 is 0 Å². The summed E-state index contributed by atoms with van der Waals surface area (Å²) in [7, 11) is 0. The molecule has 0 aliphatic carbocycles. The van der Waals surface area contributed by atoms with Crippen molar-refractivity contribution in [3.63, 3.8) is 0 Å². The minimum atomic E-state index is 0.113. The number of nitrogens with zero attached hydrogens (tertiary/aromatic N) is 4. The molecule has 2 aromatic rings. The van der Waals surface area contributed by atoms with Crippen molar-refractivity contribution in [1.82, 2.24) is 20.0 Å². The second kappa shape index (κ2) is 8.85. The Morgan fingerprint density at radius 1 is 1.23 bits per heavy atom. The van der Waals surface area contributed by atoms with E-state index in [1.165, 1.54) is 11.3 Å². The highest BCUT2D eigenvalue weighted by Gasteiger charge is 2.19. The summed E-state index contributed by atoms with van der Waals surface area (Å²) < 4.78 is 1.90. The average molecular weight is 355 g/mol. The number of benzene rings is 1. The third kappa shape index (κ3) is 5.33. The fraction of sp³-hybridized carbons (Fsp3) is 0.500. The number of aryl methyl sites for hydroxylation is 2. The lowest BCUT2D eigenvalue weighted by atomic mass is 10.2. The van der Waals surface area contributed by atoms with Crippen LogP contribution in [0.15, 0.2) is 42.7 Å². The van der Waals surface area contributed by atoms with Gasteiger partial charge in [0.15, 0.2) is 0 Å². The van der Waals surface area contributed by atoms with Crippen molar-refractivity contribution in [1.29, 1.82) is 0 Å². The number of hydrogen-bond donors (Lipinski definition) is 1. The molecule has 1 unspecified atom stereocenters. The van der Waals surface area contributed by atoms with E-state index in [-0.39, 0.29) is 11.9 Å². The number of anilines is 1. The van der Waals surface area contributed by atoms with Crippen LogP contribution in [0.5, 0.6) is 0 Å². The van der Waals surface area contributed by atoms with Gasteiger partial charge in [-0.05, 0) is 44.0 Å². The van der Waals surface area contributed by atoms with E-state index in [0.717, 1.165) is 39.1 Å². The van der Waals surface area contributed by atoms with Crippen LogP contribution in [0.4, 0.5) is 5.69 Å². The van der Waals surface area contributed by atoms with Crippen molar-refractivity contribution in [3.8, 4) is 0 Å². The number of piperazine rings is 1. The smallest absolute Gasteiger partial charge is 0.234 e. The van der Waals surface area contributed by atoms with Gasteiger partial charge in [-0.15, -0.1) is 0 Å². The topological polar surface area (TPSA) is 53.4 Å². The molecular weight excluding hydrogens is 326 g/mol. The normalized spacial score (nSPS) is 16.5. The van der Waals surface area contributed by atoms with Crippen LogP contribution in [0.1, 0.15) is 18.9 Å². The number of aromatic nitrogens is 2. The average Bonchev–Trinajstić information content (AvgIpc) is 3.14. The summed E-state index contributed by atoms with van der Waals surface area (Å²) in [6, 6.07) is 10.7. The zero-order valence-corrected chi connectivity index (χ0v) is 15.8. The lowest BCUT2D eigenvalue weighted by Crippen LogP contribution is -2.50. The highest BCUT2D eigenvalue weighted by Crippen LogP contribution is 2.17. The van der Waals surface area contributed by atoms with Gasteiger partial charge in [0.1, 0.15) is 0 Å². The van der Waals surface area contributed by atoms with Crippen LogP contribution in [0, 0.1) is 6.92 Å². The SMILES string of the molecule is Cc1cccc(N2CCN(CC(=O)NC(C)CCn3cccn3)CC2)c1. The Morgan fingerprint density at radius 2 is 2.04 bits per heavy atom. The highest BCUT2D eigenvalue weighted by atomic mass is 16.2. The van der Waals surface area contributed by atoms with E-state index in [1.54, 1.807) is 6.20 Å². The van der Waals surface area contributed by atoms with Crippen LogP contribution in [0.3, 0.4) is 0 Å². The van der Waals surface area contributed by atoms with Crippen LogP contribution in [-0.4, -0.2) is 59.4 Å². The maximum absolute atomic E-state index is 12.3. The molecule has 1 amide bonds. The molecule has 3 rings (SSSR count). The Morgan fingerprint density at radius 3 is 2.73 bits per heavy atom. The Balaban J connectivity index is 1.37. The Hall–Kier alpha value is -2.34. The zero-order valence-electron chi connectivity index (χ0n) is 15.8. The number of nitrogens with one attached hydrogen (secondary N) is 1. The molecule has 6 heteroatoms. The first kappa shape index (κ1) is 18.5. The van der Waals surface area contributed by atoms with Crippen LogP contribution in [-0.2, 0) is 11.3 Å². The number of carbonyl (C=O) groups is 1. The van der Waals surface area contributed by atoms with Gasteiger partial charge in [0.05, 0.1) is 6.54 Å². The first-order valence-corrected chi connectivity index (χ1v) is 9.41. The van der Waals surface area contributed by atoms with Crippen LogP contribution < -0.4 is 10.2 Å². The number of hydrogen-bond acceptors (Lipinski definition) is 4. The molecule has 1 saturated heterocycles. The summed E-state index contributed by atoms with van der Waals surface area (Å²) in [6.45, 7) is 9.25. The molecule has 0 radical (unpaired) electrons. The highest BCUT2D eigenvalue weighted by molar-refractivity contribution is 5.78. The maximum Gasteiger partial charge on any atom is 0.234 e. The van der Waals surface area contributed by atoms with Gasteiger partial charge >= 0.3 is 0 Å². The molecule has 1 aliphatic rings. The van der Waals surface area contributed by atoms with Gasteiger partial charge in [-0.2, -0.15) is 5.10 Å². The van der Waals surface area contributed by atoms with E-state index in [2.05, 4.69) is 58.3 Å². The third-order valence-electron chi connectivity index (χ3n) is 4.86. The van der Waals surface area contributed by atoms with Crippen molar-refractivity contribution < 1.29 is 4.79 Å². The molecule has 2 heterocycles. The minimum absolute atomic E-state index is 0.113. The summed E-state index contributed by atoms with van der Waals surface area (Å²) >= 11 is 0. The van der Waals surface area contributed by atoms with Crippen molar-refractivity contribution in [2.75, 3.05) is 37.6 Å². The second-order valence-corrected chi connectivity index (χ2v) is 7.13. The molecule has 26 heavy (non-hydrogen) atoms. The molecule has 0 bridgehead atoms. The lowest BCUT2D eigenvalue weighted by Gasteiger charge is -2.36. The largest absolute Gasteiger partial charge is 0.369 e. The van der Waals surface area contributed by atoms with E-state index >= 15 is 0 Å². The second-order valence-electron chi connectivity index (χ2n) is 7.13. The van der Waals surface area contributed by atoms with Crippen LogP contribution in [0.2, 0.25) is 0 Å². The van der Waals surface area contributed by atoms with E-state index < -0.39 is 0 Å². The van der Waals surface area contributed by atoms with Crippen LogP contribution in [0.25, 0.3) is 0 Å². The minimum Gasteiger partial charge on any atom is -0.369 e. The fourth-order valence-electron chi connectivity index (χ4n) is 3.34. The van der Waals surface area contributed by atoms with Gasteiger partial charge in [0.2, 0.25) is 5.91 Å². The fourth-order valence-corrected chi connectivity index (χ4v) is 3.34. The molecule has 0 saturated carbocycles. The summed E-state index contributed by atoms with van der Waals surface area (Å²) in [6.07, 6.45) is 4.61. The molecule has 1 fully saturated rings. The predicted molar refractivity (Wildman–Crippen MR) is 104 cm³/mol. The van der Waals surface area contributed by atoms with Gasteiger partial charge in [-0.25, -0.2) is 0 Å². The molecule has 0 spiro atoms. The number of carbonyl (C=O) groups excluding carboxylic acids is 1. The number of amides is 1. The lowest BCUT2D eigenvalue weighted by molar-refractivity contribution is -0.123. The molecule has 1 N–H and O–H groups in total. The quantitative estimate of drug-likeness (QED) is 0.824. The van der Waals surface area contributed by atoms with Gasteiger partial charge < -0.3 is 10.2 Å². The van der Waals surface area contributed by atoms with Gasteiger partial charge in [0.25, 0.3) is 0 Å². The van der Waals surface area contributed by atoms with E-state index in [1.807, 2.05) is 16.9 Å².